The van der Waals surface area contributed by atoms with Crippen LogP contribution in [-0.2, 0) is 4.74 Å². The molecule has 3 saturated heterocycles. The lowest BCUT2D eigenvalue weighted by Gasteiger charge is -2.57. The molecule has 0 aliphatic carbocycles. The number of ether oxygens (including phenoxy) is 1. The van der Waals surface area contributed by atoms with Gasteiger partial charge in [0.1, 0.15) is 0 Å². The number of hydrogen-bond donors (Lipinski definition) is 0. The predicted molar refractivity (Wildman–Crippen MR) is 60.0 cm³/mol. The molecule has 0 spiro atoms. The van der Waals surface area contributed by atoms with Gasteiger partial charge in [0.05, 0.1) is 13.1 Å². The summed E-state index contributed by atoms with van der Waals surface area (Å²) >= 11 is 0. The van der Waals surface area contributed by atoms with Gasteiger partial charge in [-0.15, -0.1) is 0 Å². The summed E-state index contributed by atoms with van der Waals surface area (Å²) in [4.78, 5) is 4.77. The maximum absolute atomic E-state index is 8.42. The summed E-state index contributed by atoms with van der Waals surface area (Å²) in [6, 6.07) is 0.530. The maximum Gasteiger partial charge on any atom is 0.0939 e. The molecular formula is C12H22N2O. The second-order valence-electron chi connectivity index (χ2n) is 5.61. The van der Waals surface area contributed by atoms with Crippen LogP contribution in [0.1, 0.15) is 27.6 Å². The van der Waals surface area contributed by atoms with Crippen molar-refractivity contribution in [2.24, 2.45) is 0 Å². The van der Waals surface area contributed by atoms with Gasteiger partial charge in [-0.2, -0.15) is 0 Å². The van der Waals surface area contributed by atoms with E-state index in [0.29, 0.717) is 6.04 Å². The molecule has 0 aromatic heterocycles. The average Bonchev–Trinajstić information content (AvgIpc) is 2.14. The molecule has 0 amide bonds. The molecule has 2 bridgehead atoms. The lowest BCUT2D eigenvalue weighted by atomic mass is 9.83. The third kappa shape index (κ3) is 1.61. The number of nitrogens with zero attached hydrogens (tertiary/aromatic N) is 2. The fourth-order valence-corrected chi connectivity index (χ4v) is 3.64. The highest BCUT2D eigenvalue weighted by Gasteiger charge is 2.49. The minimum atomic E-state index is -0.699. The van der Waals surface area contributed by atoms with Gasteiger partial charge in [0.25, 0.3) is 0 Å². The van der Waals surface area contributed by atoms with Crippen molar-refractivity contribution in [2.75, 3.05) is 33.2 Å². The first-order chi connectivity index (χ1) is 7.51. The van der Waals surface area contributed by atoms with Crippen LogP contribution < -0.4 is 0 Å². The molecule has 0 radical (unpaired) electrons. The van der Waals surface area contributed by atoms with E-state index in [4.69, 9.17) is 6.11 Å². The maximum atomic E-state index is 8.42. The van der Waals surface area contributed by atoms with Gasteiger partial charge in [-0.1, -0.05) is 6.42 Å². The molecule has 0 saturated carbocycles. The Labute approximate surface area is 93.8 Å². The van der Waals surface area contributed by atoms with E-state index in [1.807, 2.05) is 0 Å². The number of morpholine rings is 2. The lowest BCUT2D eigenvalue weighted by molar-refractivity contribution is -0.223. The average molecular weight is 211 g/mol. The Morgan fingerprint density at radius 1 is 1.40 bits per heavy atom. The Bertz CT molecular complexity index is 301. The quantitative estimate of drug-likeness (QED) is 0.593. The van der Waals surface area contributed by atoms with E-state index in [1.165, 1.54) is 19.3 Å². The van der Waals surface area contributed by atoms with Crippen LogP contribution in [0.2, 0.25) is 0 Å². The van der Waals surface area contributed by atoms with Crippen LogP contribution in [0, 0.1) is 0 Å². The molecule has 1 unspecified atom stereocenters. The summed E-state index contributed by atoms with van der Waals surface area (Å²) in [5.41, 5.74) is -0.132. The molecule has 3 heterocycles. The van der Waals surface area contributed by atoms with E-state index in [1.54, 1.807) is 0 Å². The largest absolute Gasteiger partial charge is 0.366 e. The molecule has 3 fully saturated rings. The summed E-state index contributed by atoms with van der Waals surface area (Å²) in [5.74, 6) is 0. The molecule has 3 nitrogen and oxygen atoms in total. The highest BCUT2D eigenvalue weighted by atomic mass is 16.5. The fraction of sp³-hybridized carbons (Fsp3) is 1.00. The van der Waals surface area contributed by atoms with Gasteiger partial charge in [0.2, 0.25) is 0 Å². The summed E-state index contributed by atoms with van der Waals surface area (Å²) in [6.45, 7) is 5.86. The standard InChI is InChI=1S/C12H22N2O/c1-12-9-13(2)7-10(15-12)8-14-6-4-3-5-11(12)14/h10-11H,3-9H2,1-2H3/t10?,11-,12+/m0/s1/i10D. The van der Waals surface area contributed by atoms with Gasteiger partial charge in [0.15, 0.2) is 0 Å². The smallest absolute Gasteiger partial charge is 0.0939 e. The van der Waals surface area contributed by atoms with Crippen LogP contribution >= 0.6 is 0 Å². The Morgan fingerprint density at radius 2 is 2.27 bits per heavy atom. The first-order valence-electron chi connectivity index (χ1n) is 6.64. The van der Waals surface area contributed by atoms with Gasteiger partial charge in [-0.3, -0.25) is 4.90 Å². The van der Waals surface area contributed by atoms with E-state index in [-0.39, 0.29) is 5.60 Å². The molecule has 3 aliphatic rings. The van der Waals surface area contributed by atoms with Crippen molar-refractivity contribution in [1.29, 1.82) is 0 Å². The minimum Gasteiger partial charge on any atom is -0.366 e. The normalized spacial score (nSPS) is 53.5. The van der Waals surface area contributed by atoms with Gasteiger partial charge in [0, 0.05) is 25.7 Å². The summed E-state index contributed by atoms with van der Waals surface area (Å²) in [6.07, 6.45) is 3.14. The van der Waals surface area contributed by atoms with Crippen molar-refractivity contribution in [2.45, 2.75) is 43.9 Å². The molecule has 86 valence electrons. The molecule has 3 heteroatoms. The highest BCUT2D eigenvalue weighted by Crippen LogP contribution is 2.37. The number of piperidine rings is 1. The van der Waals surface area contributed by atoms with Gasteiger partial charge < -0.3 is 9.64 Å². The Kier molecular flexibility index (Phi) is 2.06. The van der Waals surface area contributed by atoms with Crippen molar-refractivity contribution in [1.82, 2.24) is 9.80 Å². The second kappa shape index (κ2) is 3.44. The number of likely N-dealkylation sites (N-methyl/N-ethyl adjacent to an activating group) is 1. The zero-order valence-electron chi connectivity index (χ0n) is 10.8. The zero-order valence-corrected chi connectivity index (χ0v) is 9.83. The van der Waals surface area contributed by atoms with Crippen molar-refractivity contribution in [3.05, 3.63) is 0 Å². The lowest BCUT2D eigenvalue weighted by Crippen LogP contribution is -2.70. The van der Waals surface area contributed by atoms with Crippen LogP contribution in [-0.4, -0.2) is 60.7 Å². The first kappa shape index (κ1) is 8.97. The van der Waals surface area contributed by atoms with Gasteiger partial charge in [-0.25, -0.2) is 0 Å². The van der Waals surface area contributed by atoms with Crippen molar-refractivity contribution >= 4 is 0 Å². The molecule has 15 heavy (non-hydrogen) atoms. The van der Waals surface area contributed by atoms with Crippen molar-refractivity contribution in [3.8, 4) is 0 Å². The zero-order chi connectivity index (χ0) is 11.4. The predicted octanol–water partition coefficient (Wildman–Crippen LogP) is 0.944. The molecule has 3 atom stereocenters. The topological polar surface area (TPSA) is 15.7 Å². The summed E-state index contributed by atoms with van der Waals surface area (Å²) in [5, 5.41) is 0. The molecule has 0 N–H and O–H groups in total. The van der Waals surface area contributed by atoms with Crippen LogP contribution in [0.25, 0.3) is 0 Å². The second-order valence-corrected chi connectivity index (χ2v) is 5.61. The molecule has 3 aliphatic heterocycles. The molecule has 0 aromatic rings. The monoisotopic (exact) mass is 211 g/mol. The Balaban J connectivity index is 1.91. The van der Waals surface area contributed by atoms with E-state index in [9.17, 15) is 0 Å². The number of fused-ring (bicyclic) bond motifs is 4. The molecule has 3 rings (SSSR count). The van der Waals surface area contributed by atoms with Gasteiger partial charge in [-0.05, 0) is 33.4 Å². The number of hydrogen-bond acceptors (Lipinski definition) is 3. The summed E-state index contributed by atoms with van der Waals surface area (Å²) < 4.78 is 14.5. The SMILES string of the molecule is [2H]C12CN(C)C[C@@](C)(O1)[C@@H]1CCCCN1C2. The molecular weight excluding hydrogens is 188 g/mol. The van der Waals surface area contributed by atoms with Gasteiger partial charge >= 0.3 is 0 Å². The Morgan fingerprint density at radius 3 is 3.13 bits per heavy atom. The minimum absolute atomic E-state index is 0.132. The highest BCUT2D eigenvalue weighted by molar-refractivity contribution is 5.02. The third-order valence-electron chi connectivity index (χ3n) is 4.11. The fourth-order valence-electron chi connectivity index (χ4n) is 3.64. The van der Waals surface area contributed by atoms with E-state index in [2.05, 4.69) is 23.8 Å². The van der Waals surface area contributed by atoms with Crippen LogP contribution in [0.3, 0.4) is 0 Å². The van der Waals surface area contributed by atoms with Crippen LogP contribution in [0.5, 0.6) is 0 Å². The van der Waals surface area contributed by atoms with Crippen LogP contribution in [0.15, 0.2) is 0 Å². The molecule has 0 aromatic carbocycles. The summed E-state index contributed by atoms with van der Waals surface area (Å²) in [7, 11) is 2.11. The Hall–Kier alpha value is -0.120. The van der Waals surface area contributed by atoms with Crippen molar-refractivity contribution in [3.63, 3.8) is 0 Å². The van der Waals surface area contributed by atoms with Crippen molar-refractivity contribution < 1.29 is 6.11 Å². The van der Waals surface area contributed by atoms with E-state index in [0.717, 1.165) is 26.2 Å². The first-order valence-corrected chi connectivity index (χ1v) is 6.14. The van der Waals surface area contributed by atoms with Crippen LogP contribution in [0.4, 0.5) is 0 Å². The van der Waals surface area contributed by atoms with E-state index >= 15 is 0 Å². The number of rotatable bonds is 0. The van der Waals surface area contributed by atoms with E-state index < -0.39 is 6.08 Å². The third-order valence-corrected chi connectivity index (χ3v) is 4.11.